The predicted molar refractivity (Wildman–Crippen MR) is 102 cm³/mol. The first-order valence-electron chi connectivity index (χ1n) is 9.61. The van der Waals surface area contributed by atoms with E-state index in [2.05, 4.69) is 5.32 Å². The van der Waals surface area contributed by atoms with Crippen LogP contribution in [0, 0.1) is 5.92 Å². The summed E-state index contributed by atoms with van der Waals surface area (Å²) in [7, 11) is 0. The summed E-state index contributed by atoms with van der Waals surface area (Å²) >= 11 is 0. The molecular formula is C21H25N3O2. The molecule has 26 heavy (non-hydrogen) atoms. The normalized spacial score (nSPS) is 22.3. The summed E-state index contributed by atoms with van der Waals surface area (Å²) in [6.07, 6.45) is 5.14. The fourth-order valence-corrected chi connectivity index (χ4v) is 4.23. The Labute approximate surface area is 153 Å². The van der Waals surface area contributed by atoms with Crippen LogP contribution < -0.4 is 10.9 Å². The predicted octanol–water partition coefficient (Wildman–Crippen LogP) is 3.91. The lowest BCUT2D eigenvalue weighted by atomic mass is 9.84. The molecule has 1 aromatic carbocycles. The zero-order chi connectivity index (χ0) is 18.3. The van der Waals surface area contributed by atoms with Gasteiger partial charge in [0.1, 0.15) is 17.2 Å². The molecule has 1 fully saturated rings. The zero-order valence-corrected chi connectivity index (χ0v) is 15.4. The fourth-order valence-electron chi connectivity index (χ4n) is 4.23. The summed E-state index contributed by atoms with van der Waals surface area (Å²) in [6, 6.07) is 9.59. The maximum Gasteiger partial charge on any atom is 0.271 e. The Morgan fingerprint density at radius 2 is 1.81 bits per heavy atom. The van der Waals surface area contributed by atoms with E-state index in [4.69, 9.17) is 4.98 Å². The molecule has 0 radical (unpaired) electrons. The molecule has 1 aliphatic carbocycles. The Bertz CT molecular complexity index is 886. The Balaban J connectivity index is 1.92. The number of rotatable bonds is 2. The van der Waals surface area contributed by atoms with Gasteiger partial charge >= 0.3 is 0 Å². The first-order chi connectivity index (χ1) is 12.6. The number of aromatic nitrogens is 2. The minimum atomic E-state index is -0.245. The second-order valence-electron chi connectivity index (χ2n) is 7.68. The second-order valence-corrected chi connectivity index (χ2v) is 7.68. The third kappa shape index (κ3) is 2.75. The Morgan fingerprint density at radius 1 is 1.08 bits per heavy atom. The third-order valence-electron chi connectivity index (χ3n) is 5.56. The summed E-state index contributed by atoms with van der Waals surface area (Å²) in [5.41, 5.74) is 0.749. The van der Waals surface area contributed by atoms with Crippen molar-refractivity contribution in [1.82, 2.24) is 9.55 Å². The molecule has 136 valence electrons. The molecule has 1 saturated carbocycles. The van der Waals surface area contributed by atoms with E-state index in [1.54, 1.807) is 4.57 Å². The van der Waals surface area contributed by atoms with Crippen molar-refractivity contribution in [2.75, 3.05) is 5.32 Å². The number of nitrogens with zero attached hydrogens (tertiary/aromatic N) is 2. The van der Waals surface area contributed by atoms with Gasteiger partial charge in [0, 0.05) is 17.9 Å². The average Bonchev–Trinajstić information content (AvgIpc) is 2.87. The van der Waals surface area contributed by atoms with Gasteiger partial charge in [-0.05, 0) is 25.0 Å². The molecule has 1 aromatic heterocycles. The maximum atomic E-state index is 13.4. The summed E-state index contributed by atoms with van der Waals surface area (Å²) in [6.45, 7) is 4.04. The van der Waals surface area contributed by atoms with E-state index in [0.717, 1.165) is 37.8 Å². The van der Waals surface area contributed by atoms with Crippen LogP contribution in [0.5, 0.6) is 0 Å². The van der Waals surface area contributed by atoms with Gasteiger partial charge in [-0.1, -0.05) is 51.3 Å². The Kier molecular flexibility index (Phi) is 4.39. The zero-order valence-electron chi connectivity index (χ0n) is 15.4. The highest BCUT2D eigenvalue weighted by atomic mass is 16.1. The van der Waals surface area contributed by atoms with E-state index < -0.39 is 0 Å². The van der Waals surface area contributed by atoms with Crippen LogP contribution in [-0.2, 0) is 0 Å². The van der Waals surface area contributed by atoms with Gasteiger partial charge in [-0.25, -0.2) is 4.98 Å². The summed E-state index contributed by atoms with van der Waals surface area (Å²) < 4.78 is 1.61. The Morgan fingerprint density at radius 3 is 2.54 bits per heavy atom. The van der Waals surface area contributed by atoms with Crippen molar-refractivity contribution >= 4 is 11.6 Å². The molecule has 2 unspecified atom stereocenters. The van der Waals surface area contributed by atoms with Crippen LogP contribution in [0.1, 0.15) is 68.1 Å². The highest BCUT2D eigenvalue weighted by Gasteiger charge is 2.39. The molecule has 4 rings (SSSR count). The van der Waals surface area contributed by atoms with E-state index in [9.17, 15) is 9.59 Å². The van der Waals surface area contributed by atoms with E-state index in [-0.39, 0.29) is 34.8 Å². The maximum absolute atomic E-state index is 13.4. The number of para-hydroxylation sites is 1. The molecule has 0 saturated heterocycles. The smallest absolute Gasteiger partial charge is 0.271 e. The molecule has 2 aromatic rings. The first kappa shape index (κ1) is 17.0. The fraction of sp³-hybridized carbons (Fsp3) is 0.476. The van der Waals surface area contributed by atoms with Gasteiger partial charge in [0.2, 0.25) is 0 Å². The lowest BCUT2D eigenvalue weighted by Crippen LogP contribution is -2.44. The van der Waals surface area contributed by atoms with Gasteiger partial charge in [-0.2, -0.15) is 0 Å². The number of carbonyl (C=O) groups is 1. The van der Waals surface area contributed by atoms with Crippen LogP contribution in [0.2, 0.25) is 0 Å². The van der Waals surface area contributed by atoms with E-state index in [0.29, 0.717) is 11.6 Å². The number of benzene rings is 1. The van der Waals surface area contributed by atoms with Crippen LogP contribution in [0.4, 0.5) is 5.82 Å². The number of carbonyl (C=O) groups excluding carboxylic acids is 1. The van der Waals surface area contributed by atoms with Crippen LogP contribution in [0.3, 0.4) is 0 Å². The summed E-state index contributed by atoms with van der Waals surface area (Å²) in [4.78, 5) is 31.3. The minimum absolute atomic E-state index is 0.0249. The van der Waals surface area contributed by atoms with Crippen LogP contribution in [-0.4, -0.2) is 21.4 Å². The lowest BCUT2D eigenvalue weighted by molar-refractivity contribution is 0.0889. The van der Waals surface area contributed by atoms with Gasteiger partial charge in [-0.15, -0.1) is 0 Å². The number of hydrogen-bond donors (Lipinski definition) is 1. The van der Waals surface area contributed by atoms with Crippen LogP contribution in [0.25, 0.3) is 5.69 Å². The van der Waals surface area contributed by atoms with Crippen molar-refractivity contribution in [2.24, 2.45) is 5.92 Å². The highest BCUT2D eigenvalue weighted by Crippen LogP contribution is 2.34. The van der Waals surface area contributed by atoms with Crippen molar-refractivity contribution in [3.63, 3.8) is 0 Å². The molecule has 1 N–H and O–H groups in total. The average molecular weight is 351 g/mol. The van der Waals surface area contributed by atoms with Crippen molar-refractivity contribution in [3.8, 4) is 5.69 Å². The van der Waals surface area contributed by atoms with Crippen molar-refractivity contribution in [1.29, 1.82) is 0 Å². The summed E-state index contributed by atoms with van der Waals surface area (Å²) in [5.74, 6) is 1.11. The van der Waals surface area contributed by atoms with Gasteiger partial charge in [-0.3, -0.25) is 14.2 Å². The van der Waals surface area contributed by atoms with Crippen molar-refractivity contribution in [2.45, 2.75) is 57.9 Å². The van der Waals surface area contributed by atoms with Crippen molar-refractivity contribution < 1.29 is 4.79 Å². The number of ketones is 1. The molecule has 2 aliphatic rings. The van der Waals surface area contributed by atoms with Gasteiger partial charge < -0.3 is 5.32 Å². The van der Waals surface area contributed by atoms with Crippen molar-refractivity contribution in [3.05, 3.63) is 52.1 Å². The molecule has 5 nitrogen and oxygen atoms in total. The van der Waals surface area contributed by atoms with Crippen LogP contribution >= 0.6 is 0 Å². The largest absolute Gasteiger partial charge is 0.366 e. The van der Waals surface area contributed by atoms with E-state index in [1.807, 2.05) is 44.2 Å². The molecule has 2 atom stereocenters. The topological polar surface area (TPSA) is 64.0 Å². The van der Waals surface area contributed by atoms with E-state index >= 15 is 0 Å². The number of anilines is 1. The Hall–Kier alpha value is -2.43. The van der Waals surface area contributed by atoms with Crippen LogP contribution in [0.15, 0.2) is 35.1 Å². The molecule has 5 heteroatoms. The molecule has 1 aliphatic heterocycles. The lowest BCUT2D eigenvalue weighted by Gasteiger charge is -2.32. The monoisotopic (exact) mass is 351 g/mol. The first-order valence-corrected chi connectivity index (χ1v) is 9.61. The van der Waals surface area contributed by atoms with Gasteiger partial charge in [0.15, 0.2) is 5.78 Å². The number of Topliss-reactive ketones (excluding diaryl/α,β-unsaturated/α-hetero) is 1. The molecule has 2 heterocycles. The number of fused-ring (bicyclic) bond motifs is 2. The number of hydrogen-bond acceptors (Lipinski definition) is 4. The molecule has 0 amide bonds. The van der Waals surface area contributed by atoms with Gasteiger partial charge in [0.25, 0.3) is 5.56 Å². The minimum Gasteiger partial charge on any atom is -0.366 e. The third-order valence-corrected chi connectivity index (χ3v) is 5.56. The highest BCUT2D eigenvalue weighted by molar-refractivity contribution is 6.04. The standard InChI is InChI=1S/C21H25N3O2/c1-13(2)20-23-19-17(21(26)24(20)14-9-5-3-6-10-14)18(25)15-11-7-4-8-12-16(15)22-19/h3,5-6,9-10,13,15-16,22H,4,7-8,11-12H2,1-2H3. The quantitative estimate of drug-likeness (QED) is 0.891. The number of nitrogens with one attached hydrogen (secondary N) is 1. The van der Waals surface area contributed by atoms with E-state index in [1.165, 1.54) is 0 Å². The second kappa shape index (κ2) is 6.71. The SMILES string of the molecule is CC(C)c1nc2c(c(=O)n1-c1ccccc1)C(=O)C1CCCCCC1N2. The molecule has 0 bridgehead atoms. The molecular weight excluding hydrogens is 326 g/mol. The molecule has 0 spiro atoms. The summed E-state index contributed by atoms with van der Waals surface area (Å²) in [5, 5.41) is 3.44. The van der Waals surface area contributed by atoms with Gasteiger partial charge in [0.05, 0.1) is 5.69 Å².